The first-order chi connectivity index (χ1) is 9.99. The van der Waals surface area contributed by atoms with Crippen LogP contribution < -0.4 is 4.72 Å². The summed E-state index contributed by atoms with van der Waals surface area (Å²) in [5.41, 5.74) is 0.622. The number of nitrogens with zero attached hydrogens (tertiary/aromatic N) is 1. The molecular formula is C13H18N2O5S. The second kappa shape index (κ2) is 6.99. The lowest BCUT2D eigenvalue weighted by atomic mass is 10.1. The van der Waals surface area contributed by atoms with Gasteiger partial charge in [0.15, 0.2) is 0 Å². The molecule has 0 radical (unpaired) electrons. The summed E-state index contributed by atoms with van der Waals surface area (Å²) < 4.78 is 33.5. The zero-order chi connectivity index (χ0) is 15.3. The Bertz CT molecular complexity index is 569. The Labute approximate surface area is 123 Å². The van der Waals surface area contributed by atoms with Crippen molar-refractivity contribution in [3.05, 3.63) is 35.9 Å². The zero-order valence-electron chi connectivity index (χ0n) is 11.4. The van der Waals surface area contributed by atoms with Crippen molar-refractivity contribution in [2.75, 3.05) is 26.3 Å². The van der Waals surface area contributed by atoms with Crippen molar-refractivity contribution in [2.45, 2.75) is 12.5 Å². The third-order valence-corrected chi connectivity index (χ3v) is 4.81. The van der Waals surface area contributed by atoms with Gasteiger partial charge in [-0.25, -0.2) is 0 Å². The summed E-state index contributed by atoms with van der Waals surface area (Å²) in [7, 11) is -3.74. The molecule has 1 fully saturated rings. The number of benzene rings is 1. The standard InChI is InChI=1S/C13H18N2O5S/c16-13(17)10-12(11-4-2-1-3-5-11)14-21(18,19)15-6-8-20-9-7-15/h1-5,12,14H,6-10H2,(H,16,17). The van der Waals surface area contributed by atoms with Crippen molar-refractivity contribution >= 4 is 16.2 Å². The molecule has 1 atom stereocenters. The number of hydrogen-bond donors (Lipinski definition) is 2. The van der Waals surface area contributed by atoms with Gasteiger partial charge in [0, 0.05) is 13.1 Å². The summed E-state index contributed by atoms with van der Waals surface area (Å²) >= 11 is 0. The molecule has 2 rings (SSSR count). The summed E-state index contributed by atoms with van der Waals surface area (Å²) in [5.74, 6) is -1.06. The van der Waals surface area contributed by atoms with Crippen LogP contribution in [-0.2, 0) is 19.7 Å². The topological polar surface area (TPSA) is 95.9 Å². The molecule has 1 aliphatic heterocycles. The van der Waals surface area contributed by atoms with Crippen LogP contribution in [0.3, 0.4) is 0 Å². The largest absolute Gasteiger partial charge is 0.481 e. The van der Waals surface area contributed by atoms with Crippen molar-refractivity contribution in [1.82, 2.24) is 9.03 Å². The molecule has 0 aromatic heterocycles. The highest BCUT2D eigenvalue weighted by Gasteiger charge is 2.28. The Kier molecular flexibility index (Phi) is 5.29. The van der Waals surface area contributed by atoms with Gasteiger partial charge in [0.2, 0.25) is 0 Å². The third-order valence-electron chi connectivity index (χ3n) is 3.18. The summed E-state index contributed by atoms with van der Waals surface area (Å²) in [4.78, 5) is 11.0. The van der Waals surface area contributed by atoms with Crippen LogP contribution in [-0.4, -0.2) is 50.1 Å². The van der Waals surface area contributed by atoms with Crippen LogP contribution in [0, 0.1) is 0 Å². The van der Waals surface area contributed by atoms with Gasteiger partial charge in [-0.2, -0.15) is 17.4 Å². The van der Waals surface area contributed by atoms with Gasteiger partial charge in [0.1, 0.15) is 0 Å². The van der Waals surface area contributed by atoms with Crippen molar-refractivity contribution in [3.63, 3.8) is 0 Å². The normalized spacial score (nSPS) is 18.3. The Morgan fingerprint density at radius 1 is 1.29 bits per heavy atom. The van der Waals surface area contributed by atoms with Gasteiger partial charge in [-0.15, -0.1) is 0 Å². The maximum absolute atomic E-state index is 12.3. The number of aliphatic carboxylic acids is 1. The minimum Gasteiger partial charge on any atom is -0.481 e. The van der Waals surface area contributed by atoms with Crippen LogP contribution in [0.2, 0.25) is 0 Å². The fourth-order valence-electron chi connectivity index (χ4n) is 2.13. The number of carboxylic acid groups (broad SMARTS) is 1. The second-order valence-electron chi connectivity index (χ2n) is 4.70. The highest BCUT2D eigenvalue weighted by atomic mass is 32.2. The first-order valence-corrected chi connectivity index (χ1v) is 8.05. The van der Waals surface area contributed by atoms with Crippen LogP contribution in [0.4, 0.5) is 0 Å². The molecule has 116 valence electrons. The van der Waals surface area contributed by atoms with E-state index in [4.69, 9.17) is 9.84 Å². The number of carboxylic acids is 1. The summed E-state index contributed by atoms with van der Waals surface area (Å²) in [6, 6.07) is 7.89. The van der Waals surface area contributed by atoms with Gasteiger partial charge in [-0.3, -0.25) is 4.79 Å². The van der Waals surface area contributed by atoms with Crippen LogP contribution >= 0.6 is 0 Å². The van der Waals surface area contributed by atoms with E-state index in [0.717, 1.165) is 0 Å². The lowest BCUT2D eigenvalue weighted by Gasteiger charge is -2.28. The van der Waals surface area contributed by atoms with E-state index in [1.165, 1.54) is 4.31 Å². The first kappa shape index (κ1) is 15.9. The fraction of sp³-hybridized carbons (Fsp3) is 0.462. The Morgan fingerprint density at radius 3 is 2.48 bits per heavy atom. The summed E-state index contributed by atoms with van der Waals surface area (Å²) in [5, 5.41) is 8.98. The first-order valence-electron chi connectivity index (χ1n) is 6.61. The number of morpholine rings is 1. The molecule has 8 heteroatoms. The minimum atomic E-state index is -3.74. The van der Waals surface area contributed by atoms with Gasteiger partial charge in [0.25, 0.3) is 10.2 Å². The summed E-state index contributed by atoms with van der Waals surface area (Å²) in [6.07, 6.45) is -0.312. The Morgan fingerprint density at radius 2 is 1.90 bits per heavy atom. The molecule has 2 N–H and O–H groups in total. The minimum absolute atomic E-state index is 0.268. The number of carbonyl (C=O) groups is 1. The lowest BCUT2D eigenvalue weighted by Crippen LogP contribution is -2.47. The Balaban J connectivity index is 2.16. The van der Waals surface area contributed by atoms with Gasteiger partial charge < -0.3 is 9.84 Å². The molecule has 1 aliphatic rings. The Hall–Kier alpha value is -1.48. The molecule has 0 saturated carbocycles. The van der Waals surface area contributed by atoms with E-state index in [2.05, 4.69) is 4.72 Å². The highest BCUT2D eigenvalue weighted by Crippen LogP contribution is 2.19. The van der Waals surface area contributed by atoms with Crippen molar-refractivity contribution in [1.29, 1.82) is 0 Å². The van der Waals surface area contributed by atoms with Gasteiger partial charge in [-0.1, -0.05) is 30.3 Å². The van der Waals surface area contributed by atoms with Gasteiger partial charge in [-0.05, 0) is 5.56 Å². The number of ether oxygens (including phenoxy) is 1. The van der Waals surface area contributed by atoms with Crippen molar-refractivity contribution in [2.24, 2.45) is 0 Å². The predicted molar refractivity (Wildman–Crippen MR) is 75.9 cm³/mol. The van der Waals surface area contributed by atoms with Crippen LogP contribution in [0.1, 0.15) is 18.0 Å². The van der Waals surface area contributed by atoms with E-state index in [1.54, 1.807) is 30.3 Å². The number of nitrogens with one attached hydrogen (secondary N) is 1. The molecular weight excluding hydrogens is 296 g/mol. The van der Waals surface area contributed by atoms with Crippen LogP contribution in [0.5, 0.6) is 0 Å². The van der Waals surface area contributed by atoms with Gasteiger partial charge in [0.05, 0.1) is 25.7 Å². The maximum Gasteiger partial charge on any atom is 0.305 e. The zero-order valence-corrected chi connectivity index (χ0v) is 12.3. The van der Waals surface area contributed by atoms with Crippen molar-refractivity contribution < 1.29 is 23.1 Å². The van der Waals surface area contributed by atoms with E-state index in [1.807, 2.05) is 0 Å². The average Bonchev–Trinajstić information content (AvgIpc) is 2.48. The SMILES string of the molecule is O=C(O)CC(NS(=O)(=O)N1CCOCC1)c1ccccc1. The fourth-order valence-corrected chi connectivity index (χ4v) is 3.49. The van der Waals surface area contributed by atoms with E-state index in [9.17, 15) is 13.2 Å². The smallest absolute Gasteiger partial charge is 0.305 e. The molecule has 1 saturated heterocycles. The molecule has 1 heterocycles. The predicted octanol–water partition coefficient (Wildman–Crippen LogP) is 0.369. The monoisotopic (exact) mass is 314 g/mol. The third kappa shape index (κ3) is 4.50. The molecule has 0 bridgehead atoms. The maximum atomic E-state index is 12.3. The number of hydrogen-bond acceptors (Lipinski definition) is 4. The van der Waals surface area contributed by atoms with E-state index in [-0.39, 0.29) is 19.5 Å². The van der Waals surface area contributed by atoms with E-state index >= 15 is 0 Å². The van der Waals surface area contributed by atoms with Gasteiger partial charge >= 0.3 is 5.97 Å². The second-order valence-corrected chi connectivity index (χ2v) is 6.40. The average molecular weight is 314 g/mol. The quantitative estimate of drug-likeness (QED) is 0.791. The van der Waals surface area contributed by atoms with Crippen LogP contribution in [0.15, 0.2) is 30.3 Å². The van der Waals surface area contributed by atoms with E-state index < -0.39 is 22.2 Å². The number of rotatable bonds is 6. The van der Waals surface area contributed by atoms with E-state index in [0.29, 0.717) is 18.8 Å². The molecule has 1 aromatic rings. The molecule has 21 heavy (non-hydrogen) atoms. The van der Waals surface area contributed by atoms with Crippen molar-refractivity contribution in [3.8, 4) is 0 Å². The van der Waals surface area contributed by atoms with Crippen LogP contribution in [0.25, 0.3) is 0 Å². The lowest BCUT2D eigenvalue weighted by molar-refractivity contribution is -0.137. The molecule has 1 aromatic carbocycles. The molecule has 0 aliphatic carbocycles. The molecule has 0 amide bonds. The highest BCUT2D eigenvalue weighted by molar-refractivity contribution is 7.87. The molecule has 1 unspecified atom stereocenters. The molecule has 7 nitrogen and oxygen atoms in total. The summed E-state index contributed by atoms with van der Waals surface area (Å²) in [6.45, 7) is 1.22. The molecule has 0 spiro atoms.